The molecule has 1 aromatic carbocycles. The van der Waals surface area contributed by atoms with Gasteiger partial charge in [0.15, 0.2) is 0 Å². The van der Waals surface area contributed by atoms with E-state index in [1.54, 1.807) is 12.1 Å². The number of hydrogen-bond acceptors (Lipinski definition) is 2. The molecule has 21 heavy (non-hydrogen) atoms. The standard InChI is InChI=1S/C16H15F2N3/c1-9-7-10(2)21-13(8-9)20-14(16(21)19)11-3-5-12(6-4-11)15(17)18/h3-8,15H,19H2,1-2H3. The maximum absolute atomic E-state index is 12.6. The van der Waals surface area contributed by atoms with E-state index in [1.807, 2.05) is 30.4 Å². The number of aromatic nitrogens is 2. The largest absolute Gasteiger partial charge is 0.383 e. The first kappa shape index (κ1) is 13.5. The van der Waals surface area contributed by atoms with Crippen LogP contribution >= 0.6 is 0 Å². The second-order valence-electron chi connectivity index (χ2n) is 5.14. The van der Waals surface area contributed by atoms with Gasteiger partial charge in [0, 0.05) is 16.8 Å². The van der Waals surface area contributed by atoms with Crippen molar-refractivity contribution in [2.75, 3.05) is 5.73 Å². The number of alkyl halides is 2. The molecule has 0 amide bonds. The molecule has 0 aliphatic heterocycles. The number of nitrogen functional groups attached to an aromatic ring is 1. The van der Waals surface area contributed by atoms with Crippen molar-refractivity contribution in [1.82, 2.24) is 9.38 Å². The number of nitrogens with two attached hydrogens (primary N) is 1. The Balaban J connectivity index is 2.16. The van der Waals surface area contributed by atoms with Crippen molar-refractivity contribution >= 4 is 11.5 Å². The van der Waals surface area contributed by atoms with Gasteiger partial charge in [-0.25, -0.2) is 13.8 Å². The highest BCUT2D eigenvalue weighted by Gasteiger charge is 2.14. The predicted molar refractivity (Wildman–Crippen MR) is 79.5 cm³/mol. The SMILES string of the molecule is Cc1cc(C)n2c(N)c(-c3ccc(C(F)F)cc3)nc2c1. The third kappa shape index (κ3) is 2.24. The molecule has 0 saturated carbocycles. The molecule has 0 spiro atoms. The molecule has 3 rings (SSSR count). The first-order valence-corrected chi connectivity index (χ1v) is 6.61. The zero-order valence-electron chi connectivity index (χ0n) is 11.8. The first-order valence-electron chi connectivity index (χ1n) is 6.61. The molecular formula is C16H15F2N3. The molecule has 0 atom stereocenters. The van der Waals surface area contributed by atoms with Gasteiger partial charge in [-0.05, 0) is 31.5 Å². The molecule has 2 heterocycles. The van der Waals surface area contributed by atoms with E-state index in [-0.39, 0.29) is 5.56 Å². The van der Waals surface area contributed by atoms with E-state index in [9.17, 15) is 8.78 Å². The van der Waals surface area contributed by atoms with Crippen molar-refractivity contribution in [3.63, 3.8) is 0 Å². The van der Waals surface area contributed by atoms with Gasteiger partial charge in [-0.3, -0.25) is 4.40 Å². The van der Waals surface area contributed by atoms with Gasteiger partial charge in [-0.1, -0.05) is 24.3 Å². The maximum Gasteiger partial charge on any atom is 0.263 e. The van der Waals surface area contributed by atoms with Gasteiger partial charge >= 0.3 is 0 Å². The Morgan fingerprint density at radius 1 is 1.10 bits per heavy atom. The fraction of sp³-hybridized carbons (Fsp3) is 0.188. The molecule has 0 bridgehead atoms. The second-order valence-corrected chi connectivity index (χ2v) is 5.14. The number of halogens is 2. The molecule has 0 aliphatic rings. The lowest BCUT2D eigenvalue weighted by Crippen LogP contribution is -1.98. The predicted octanol–water partition coefficient (Wildman–Crippen LogP) is 4.14. The third-order valence-electron chi connectivity index (χ3n) is 3.52. The summed E-state index contributed by atoms with van der Waals surface area (Å²) in [5.74, 6) is 0.521. The zero-order valence-corrected chi connectivity index (χ0v) is 11.8. The second kappa shape index (κ2) is 4.84. The number of aryl methyl sites for hydroxylation is 2. The number of pyridine rings is 1. The van der Waals surface area contributed by atoms with Crippen molar-refractivity contribution in [2.45, 2.75) is 20.3 Å². The van der Waals surface area contributed by atoms with Gasteiger partial charge in [0.1, 0.15) is 17.2 Å². The third-order valence-corrected chi connectivity index (χ3v) is 3.52. The lowest BCUT2D eigenvalue weighted by atomic mass is 10.1. The molecular weight excluding hydrogens is 272 g/mol. The molecule has 108 valence electrons. The van der Waals surface area contributed by atoms with Crippen LogP contribution < -0.4 is 5.73 Å². The van der Waals surface area contributed by atoms with Crippen LogP contribution in [0.15, 0.2) is 36.4 Å². The van der Waals surface area contributed by atoms with E-state index in [1.165, 1.54) is 12.1 Å². The number of fused-ring (bicyclic) bond motifs is 1. The van der Waals surface area contributed by atoms with Gasteiger partial charge in [0.25, 0.3) is 6.43 Å². The van der Waals surface area contributed by atoms with E-state index in [4.69, 9.17) is 5.73 Å². The van der Waals surface area contributed by atoms with Crippen molar-refractivity contribution in [1.29, 1.82) is 0 Å². The molecule has 3 nitrogen and oxygen atoms in total. The van der Waals surface area contributed by atoms with Gasteiger partial charge in [-0.15, -0.1) is 0 Å². The van der Waals surface area contributed by atoms with Crippen LogP contribution in [-0.2, 0) is 0 Å². The summed E-state index contributed by atoms with van der Waals surface area (Å²) in [6.45, 7) is 3.96. The Kier molecular flexibility index (Phi) is 3.12. The first-order chi connectivity index (χ1) is 9.97. The summed E-state index contributed by atoms with van der Waals surface area (Å²) in [7, 11) is 0. The molecule has 0 radical (unpaired) electrons. The quantitative estimate of drug-likeness (QED) is 0.770. The van der Waals surface area contributed by atoms with E-state index in [0.29, 0.717) is 11.5 Å². The van der Waals surface area contributed by atoms with Crippen molar-refractivity contribution < 1.29 is 8.78 Å². The molecule has 0 saturated heterocycles. The smallest absolute Gasteiger partial charge is 0.263 e. The molecule has 3 aromatic rings. The minimum absolute atomic E-state index is 0.00638. The van der Waals surface area contributed by atoms with Crippen molar-refractivity contribution in [2.24, 2.45) is 0 Å². The van der Waals surface area contributed by atoms with Crippen molar-refractivity contribution in [3.8, 4) is 11.3 Å². The molecule has 2 N–H and O–H groups in total. The normalized spacial score (nSPS) is 11.5. The van der Waals surface area contributed by atoms with Gasteiger partial charge < -0.3 is 5.73 Å². The highest BCUT2D eigenvalue weighted by atomic mass is 19.3. The molecule has 0 fully saturated rings. The lowest BCUT2D eigenvalue weighted by Gasteiger charge is -2.04. The van der Waals surface area contributed by atoms with Gasteiger partial charge in [0.2, 0.25) is 0 Å². The van der Waals surface area contributed by atoms with E-state index in [0.717, 1.165) is 22.5 Å². The van der Waals surface area contributed by atoms with E-state index < -0.39 is 6.43 Å². The lowest BCUT2D eigenvalue weighted by molar-refractivity contribution is 0.151. The average Bonchev–Trinajstić information content (AvgIpc) is 2.76. The molecule has 0 aliphatic carbocycles. The van der Waals surface area contributed by atoms with Crippen LogP contribution in [0.4, 0.5) is 14.6 Å². The Morgan fingerprint density at radius 3 is 2.38 bits per heavy atom. The molecule has 2 aromatic heterocycles. The topological polar surface area (TPSA) is 43.3 Å². The Hall–Kier alpha value is -2.43. The molecule has 0 unspecified atom stereocenters. The van der Waals surface area contributed by atoms with Crippen LogP contribution in [0.1, 0.15) is 23.2 Å². The number of nitrogens with zero attached hydrogens (tertiary/aromatic N) is 2. The number of benzene rings is 1. The minimum Gasteiger partial charge on any atom is -0.383 e. The average molecular weight is 287 g/mol. The Morgan fingerprint density at radius 2 is 1.76 bits per heavy atom. The summed E-state index contributed by atoms with van der Waals surface area (Å²) in [5, 5.41) is 0. The minimum atomic E-state index is -2.47. The van der Waals surface area contributed by atoms with Crippen LogP contribution in [0.5, 0.6) is 0 Å². The van der Waals surface area contributed by atoms with Crippen LogP contribution in [0.25, 0.3) is 16.9 Å². The fourth-order valence-electron chi connectivity index (χ4n) is 2.56. The summed E-state index contributed by atoms with van der Waals surface area (Å²) in [6.07, 6.45) is -2.47. The number of rotatable bonds is 2. The van der Waals surface area contributed by atoms with Crippen molar-refractivity contribution in [3.05, 3.63) is 53.2 Å². The number of imidazole rings is 1. The Labute approximate surface area is 121 Å². The fourth-order valence-corrected chi connectivity index (χ4v) is 2.56. The van der Waals surface area contributed by atoms with Crippen LogP contribution in [-0.4, -0.2) is 9.38 Å². The van der Waals surface area contributed by atoms with Crippen LogP contribution in [0.2, 0.25) is 0 Å². The van der Waals surface area contributed by atoms with E-state index >= 15 is 0 Å². The van der Waals surface area contributed by atoms with Crippen LogP contribution in [0.3, 0.4) is 0 Å². The number of hydrogen-bond donors (Lipinski definition) is 1. The molecule has 5 heteroatoms. The summed E-state index contributed by atoms with van der Waals surface area (Å²) in [6, 6.07) is 10.0. The van der Waals surface area contributed by atoms with E-state index in [2.05, 4.69) is 4.98 Å². The monoisotopic (exact) mass is 287 g/mol. The van der Waals surface area contributed by atoms with Crippen LogP contribution in [0, 0.1) is 13.8 Å². The number of anilines is 1. The van der Waals surface area contributed by atoms with Gasteiger partial charge in [0.05, 0.1) is 0 Å². The maximum atomic E-state index is 12.6. The summed E-state index contributed by atoms with van der Waals surface area (Å²) in [4.78, 5) is 4.53. The zero-order chi connectivity index (χ0) is 15.1. The summed E-state index contributed by atoms with van der Waals surface area (Å²) >= 11 is 0. The highest BCUT2D eigenvalue weighted by Crippen LogP contribution is 2.29. The summed E-state index contributed by atoms with van der Waals surface area (Å²) in [5.41, 5.74) is 10.4. The summed E-state index contributed by atoms with van der Waals surface area (Å²) < 4.78 is 27.1. The Bertz CT molecular complexity index is 804. The van der Waals surface area contributed by atoms with Gasteiger partial charge in [-0.2, -0.15) is 0 Å². The highest BCUT2D eigenvalue weighted by molar-refractivity contribution is 5.75.